The lowest BCUT2D eigenvalue weighted by molar-refractivity contribution is 0.288. The van der Waals surface area contributed by atoms with E-state index >= 15 is 0 Å². The lowest BCUT2D eigenvalue weighted by Crippen LogP contribution is -2.03. The summed E-state index contributed by atoms with van der Waals surface area (Å²) in [5.74, 6) is 1.14. The van der Waals surface area contributed by atoms with Gasteiger partial charge in [0.25, 0.3) is 0 Å². The van der Waals surface area contributed by atoms with Crippen molar-refractivity contribution < 1.29 is 9.52 Å². The summed E-state index contributed by atoms with van der Waals surface area (Å²) in [4.78, 5) is 8.70. The molecule has 2 heterocycles. The molecule has 0 aliphatic carbocycles. The van der Waals surface area contributed by atoms with E-state index in [0.29, 0.717) is 39.7 Å². The largest absolute Gasteiger partial charge is 0.443 e. The van der Waals surface area contributed by atoms with Gasteiger partial charge in [-0.2, -0.15) is 10.5 Å². The molecule has 8 heteroatoms. The molecule has 0 bridgehead atoms. The second kappa shape index (κ2) is 10.7. The third-order valence-corrected chi connectivity index (χ3v) is 6.29. The minimum atomic E-state index is 0.0757. The summed E-state index contributed by atoms with van der Waals surface area (Å²) in [5, 5.41) is 29.2. The van der Waals surface area contributed by atoms with E-state index in [1.807, 2.05) is 54.6 Å². The van der Waals surface area contributed by atoms with Crippen LogP contribution in [0.3, 0.4) is 0 Å². The lowest BCUT2D eigenvalue weighted by Gasteiger charge is -2.13. The van der Waals surface area contributed by atoms with E-state index in [0.717, 1.165) is 23.2 Å². The minimum Gasteiger partial charge on any atom is -0.443 e. The molecule has 0 amide bonds. The number of aryl methyl sites for hydroxylation is 1. The summed E-state index contributed by atoms with van der Waals surface area (Å²) in [7, 11) is 0. The number of nitriles is 2. The van der Waals surface area contributed by atoms with Crippen LogP contribution in [-0.4, -0.2) is 21.7 Å². The van der Waals surface area contributed by atoms with E-state index in [9.17, 15) is 10.5 Å². The van der Waals surface area contributed by atoms with Gasteiger partial charge < -0.3 is 15.3 Å². The fourth-order valence-corrected chi connectivity index (χ4v) is 4.58. The molecule has 7 nitrogen and oxygen atoms in total. The number of oxazole rings is 1. The monoisotopic (exact) mass is 467 g/mol. The molecular formula is C26H21N5O2S. The molecule has 0 spiro atoms. The molecule has 34 heavy (non-hydrogen) atoms. The smallest absolute Gasteiger partial charge is 0.181 e. The Labute approximate surface area is 201 Å². The van der Waals surface area contributed by atoms with Crippen molar-refractivity contribution in [2.45, 2.75) is 23.6 Å². The van der Waals surface area contributed by atoms with E-state index in [-0.39, 0.29) is 18.0 Å². The summed E-state index contributed by atoms with van der Waals surface area (Å²) in [6, 6.07) is 21.6. The molecule has 3 N–H and O–H groups in total. The van der Waals surface area contributed by atoms with Gasteiger partial charge in [-0.3, -0.25) is 0 Å². The van der Waals surface area contributed by atoms with Crippen molar-refractivity contribution in [2.75, 3.05) is 12.3 Å². The number of hydrogen-bond donors (Lipinski definition) is 2. The summed E-state index contributed by atoms with van der Waals surface area (Å²) in [6.45, 7) is 0.123. The number of aliphatic hydroxyl groups excluding tert-OH is 1. The first kappa shape index (κ1) is 23.1. The van der Waals surface area contributed by atoms with E-state index in [4.69, 9.17) is 15.3 Å². The molecule has 0 radical (unpaired) electrons. The van der Waals surface area contributed by atoms with Crippen LogP contribution in [0.25, 0.3) is 22.5 Å². The van der Waals surface area contributed by atoms with Crippen molar-refractivity contribution in [3.8, 4) is 34.6 Å². The summed E-state index contributed by atoms with van der Waals surface area (Å²) in [6.07, 6.45) is 2.81. The Hall–Kier alpha value is -4.11. The van der Waals surface area contributed by atoms with Crippen molar-refractivity contribution in [2.24, 2.45) is 0 Å². The van der Waals surface area contributed by atoms with Gasteiger partial charge in [0, 0.05) is 23.5 Å². The Bertz CT molecular complexity index is 1370. The number of pyridine rings is 1. The molecular weight excluding hydrogens is 446 g/mol. The van der Waals surface area contributed by atoms with Crippen LogP contribution in [0.15, 0.2) is 70.4 Å². The molecule has 0 aliphatic heterocycles. The SMILES string of the molecule is N#Cc1c(N)nc(SCc2ncoc2-c2ccccc2)c(C#N)c1-c1ccc(CCCO)cc1. The maximum absolute atomic E-state index is 10.0. The highest BCUT2D eigenvalue weighted by atomic mass is 32.2. The number of anilines is 1. The molecule has 0 unspecified atom stereocenters. The highest BCUT2D eigenvalue weighted by molar-refractivity contribution is 7.98. The first-order valence-electron chi connectivity index (χ1n) is 10.6. The molecule has 4 rings (SSSR count). The highest BCUT2D eigenvalue weighted by Gasteiger charge is 2.21. The van der Waals surface area contributed by atoms with Crippen LogP contribution in [0.2, 0.25) is 0 Å². The third-order valence-electron chi connectivity index (χ3n) is 5.30. The van der Waals surface area contributed by atoms with Gasteiger partial charge in [0.1, 0.15) is 28.5 Å². The number of benzene rings is 2. The van der Waals surface area contributed by atoms with Crippen LogP contribution >= 0.6 is 11.8 Å². The third kappa shape index (κ3) is 4.79. The molecule has 168 valence electrons. The lowest BCUT2D eigenvalue weighted by atomic mass is 9.95. The Morgan fingerprint density at radius 2 is 1.71 bits per heavy atom. The number of aromatic nitrogens is 2. The molecule has 2 aromatic heterocycles. The normalized spacial score (nSPS) is 10.6. The van der Waals surface area contributed by atoms with Gasteiger partial charge in [0.2, 0.25) is 0 Å². The van der Waals surface area contributed by atoms with Crippen LogP contribution in [-0.2, 0) is 12.2 Å². The van der Waals surface area contributed by atoms with Crippen molar-refractivity contribution in [1.29, 1.82) is 10.5 Å². The van der Waals surface area contributed by atoms with E-state index in [1.54, 1.807) is 0 Å². The number of thioether (sulfide) groups is 1. The van der Waals surface area contributed by atoms with Gasteiger partial charge in [-0.05, 0) is 24.0 Å². The van der Waals surface area contributed by atoms with Crippen LogP contribution in [0, 0.1) is 22.7 Å². The van der Waals surface area contributed by atoms with Crippen LogP contribution < -0.4 is 5.73 Å². The van der Waals surface area contributed by atoms with Gasteiger partial charge in [-0.1, -0.05) is 66.4 Å². The molecule has 0 fully saturated rings. The number of nitrogens with zero attached hydrogens (tertiary/aromatic N) is 4. The van der Waals surface area contributed by atoms with Crippen LogP contribution in [0.4, 0.5) is 5.82 Å². The van der Waals surface area contributed by atoms with E-state index < -0.39 is 0 Å². The molecule has 2 aromatic carbocycles. The minimum absolute atomic E-state index is 0.0757. The second-order valence-corrected chi connectivity index (χ2v) is 8.42. The van der Waals surface area contributed by atoms with Gasteiger partial charge >= 0.3 is 0 Å². The first-order valence-corrected chi connectivity index (χ1v) is 11.6. The van der Waals surface area contributed by atoms with Crippen LogP contribution in [0.1, 0.15) is 28.8 Å². The maximum atomic E-state index is 10.0. The Balaban J connectivity index is 1.69. The summed E-state index contributed by atoms with van der Waals surface area (Å²) >= 11 is 1.32. The molecule has 0 saturated heterocycles. The van der Waals surface area contributed by atoms with Crippen molar-refractivity contribution in [3.05, 3.63) is 83.4 Å². The molecule has 0 aliphatic rings. The van der Waals surface area contributed by atoms with E-state index in [2.05, 4.69) is 22.1 Å². The van der Waals surface area contributed by atoms with E-state index in [1.165, 1.54) is 18.2 Å². The van der Waals surface area contributed by atoms with Gasteiger partial charge in [0.05, 0.1) is 11.3 Å². The highest BCUT2D eigenvalue weighted by Crippen LogP contribution is 2.37. The van der Waals surface area contributed by atoms with Gasteiger partial charge in [-0.25, -0.2) is 9.97 Å². The number of hydrogen-bond acceptors (Lipinski definition) is 8. The number of nitrogen functional groups attached to an aromatic ring is 1. The fourth-order valence-electron chi connectivity index (χ4n) is 3.65. The average Bonchev–Trinajstić information content (AvgIpc) is 3.35. The zero-order valence-electron chi connectivity index (χ0n) is 18.2. The molecule has 0 atom stereocenters. The number of nitrogens with two attached hydrogens (primary N) is 1. The molecule has 4 aromatic rings. The van der Waals surface area contributed by atoms with Crippen molar-refractivity contribution in [1.82, 2.24) is 9.97 Å². The predicted molar refractivity (Wildman–Crippen MR) is 130 cm³/mol. The quantitative estimate of drug-likeness (QED) is 0.348. The van der Waals surface area contributed by atoms with Crippen LogP contribution in [0.5, 0.6) is 0 Å². The first-order chi connectivity index (χ1) is 16.7. The zero-order chi connectivity index (χ0) is 23.9. The predicted octanol–water partition coefficient (Wildman–Crippen LogP) is 4.95. The summed E-state index contributed by atoms with van der Waals surface area (Å²) in [5.41, 5.74) is 10.5. The second-order valence-electron chi connectivity index (χ2n) is 7.46. The Morgan fingerprint density at radius 3 is 2.38 bits per heavy atom. The number of aliphatic hydroxyl groups is 1. The standard InChI is InChI=1S/C26H21N5O2S/c27-13-20-23(18-10-8-17(9-11-18)5-4-12-32)21(14-28)26(31-25(20)29)34-15-22-24(33-16-30-22)19-6-2-1-3-7-19/h1-3,6-11,16,32H,4-5,12,15H2,(H2,29,31). The van der Waals surface area contributed by atoms with Gasteiger partial charge in [-0.15, -0.1) is 0 Å². The average molecular weight is 468 g/mol. The Kier molecular flexibility index (Phi) is 7.24. The van der Waals surface area contributed by atoms with Crippen molar-refractivity contribution in [3.63, 3.8) is 0 Å². The van der Waals surface area contributed by atoms with Gasteiger partial charge in [0.15, 0.2) is 12.2 Å². The zero-order valence-corrected chi connectivity index (χ0v) is 19.0. The Morgan fingerprint density at radius 1 is 0.971 bits per heavy atom. The topological polar surface area (TPSA) is 133 Å². The number of rotatable bonds is 8. The maximum Gasteiger partial charge on any atom is 0.181 e. The van der Waals surface area contributed by atoms with Crippen molar-refractivity contribution >= 4 is 17.6 Å². The molecule has 0 saturated carbocycles. The summed E-state index contributed by atoms with van der Waals surface area (Å²) < 4.78 is 5.59. The fraction of sp³-hybridized carbons (Fsp3) is 0.154.